The van der Waals surface area contributed by atoms with Gasteiger partial charge in [0.2, 0.25) is 0 Å². The zero-order valence-electron chi connectivity index (χ0n) is 20.8. The van der Waals surface area contributed by atoms with Gasteiger partial charge in [-0.1, -0.05) is 47.7 Å². The van der Waals surface area contributed by atoms with E-state index < -0.39 is 0 Å². The number of aromatic nitrogens is 1. The van der Waals surface area contributed by atoms with E-state index in [1.54, 1.807) is 7.11 Å². The molecule has 0 N–H and O–H groups in total. The predicted octanol–water partition coefficient (Wildman–Crippen LogP) is 5.94. The molecule has 1 aliphatic heterocycles. The first-order chi connectivity index (χ1) is 18.5. The van der Waals surface area contributed by atoms with Gasteiger partial charge in [0.25, 0.3) is 5.56 Å². The molecule has 1 aromatic heterocycles. The standard InChI is InChI=1S/C30H24I2N2O3S/c1-3-37-28-23(31)14-17(15-24(28)32)16-25-29(35)34-27(19-8-11-20(36-2)12-9-19)22-13-10-18-6-4-5-7-21(18)26(22)33-30(34)38-25/h4-9,11-12,14-16,27H,3,10,13H2,1-2H3/b25-16+/t27-/m1/s1. The number of allylic oxidation sites excluding steroid dienone is 1. The number of methoxy groups -OCH3 is 1. The summed E-state index contributed by atoms with van der Waals surface area (Å²) in [6.07, 6.45) is 3.78. The van der Waals surface area contributed by atoms with E-state index in [4.69, 9.17) is 14.5 Å². The summed E-state index contributed by atoms with van der Waals surface area (Å²) in [6, 6.07) is 20.5. The van der Waals surface area contributed by atoms with Crippen molar-refractivity contribution in [3.63, 3.8) is 0 Å². The molecule has 0 saturated heterocycles. The summed E-state index contributed by atoms with van der Waals surface area (Å²) in [4.78, 5) is 19.8. The van der Waals surface area contributed by atoms with Gasteiger partial charge in [0.15, 0.2) is 4.80 Å². The Morgan fingerprint density at radius 2 is 1.82 bits per heavy atom. The highest BCUT2D eigenvalue weighted by Crippen LogP contribution is 2.41. The van der Waals surface area contributed by atoms with Gasteiger partial charge in [0.05, 0.1) is 37.1 Å². The second-order valence-corrected chi connectivity index (χ2v) is 12.5. The third-order valence-corrected chi connectivity index (χ3v) is 9.50. The SMILES string of the molecule is CCOc1c(I)cc(/C=c2/sc3n(c2=O)[C@H](c2ccc(OC)cc2)C2=C(N=3)c3ccccc3CC2)cc1I. The van der Waals surface area contributed by atoms with E-state index in [9.17, 15) is 4.79 Å². The minimum atomic E-state index is -0.205. The lowest BCUT2D eigenvalue weighted by molar-refractivity contribution is 0.335. The van der Waals surface area contributed by atoms with E-state index in [2.05, 4.69) is 93.7 Å². The van der Waals surface area contributed by atoms with Gasteiger partial charge in [0.1, 0.15) is 11.5 Å². The zero-order chi connectivity index (χ0) is 26.4. The maximum atomic E-state index is 14.0. The quantitative estimate of drug-likeness (QED) is 0.238. The number of hydrogen-bond acceptors (Lipinski definition) is 5. The van der Waals surface area contributed by atoms with E-state index in [0.717, 1.165) is 53.1 Å². The van der Waals surface area contributed by atoms with Crippen LogP contribution in [0.5, 0.6) is 11.5 Å². The average molecular weight is 746 g/mol. The highest BCUT2D eigenvalue weighted by molar-refractivity contribution is 14.1. The number of rotatable bonds is 5. The lowest BCUT2D eigenvalue weighted by Crippen LogP contribution is -2.38. The zero-order valence-corrected chi connectivity index (χ0v) is 26.0. The van der Waals surface area contributed by atoms with Crippen LogP contribution in [0.4, 0.5) is 0 Å². The highest BCUT2D eigenvalue weighted by Gasteiger charge is 2.32. The molecule has 2 aliphatic rings. The van der Waals surface area contributed by atoms with Crippen molar-refractivity contribution in [1.29, 1.82) is 0 Å². The molecule has 2 heterocycles. The normalized spacial score (nSPS) is 16.4. The van der Waals surface area contributed by atoms with Crippen molar-refractivity contribution in [2.75, 3.05) is 13.7 Å². The van der Waals surface area contributed by atoms with Gasteiger partial charge in [0, 0.05) is 5.56 Å². The maximum absolute atomic E-state index is 14.0. The Balaban J connectivity index is 1.56. The number of hydrogen-bond donors (Lipinski definition) is 0. The first-order valence-electron chi connectivity index (χ1n) is 12.4. The Kier molecular flexibility index (Phi) is 7.21. The Hall–Kier alpha value is -2.44. The van der Waals surface area contributed by atoms with E-state index in [-0.39, 0.29) is 11.6 Å². The topological polar surface area (TPSA) is 52.8 Å². The van der Waals surface area contributed by atoms with Crippen LogP contribution in [0, 0.1) is 7.14 Å². The number of ether oxygens (including phenoxy) is 2. The molecule has 0 unspecified atom stereocenters. The van der Waals surface area contributed by atoms with E-state index >= 15 is 0 Å². The fourth-order valence-corrected chi connectivity index (χ4v) is 8.33. The fourth-order valence-electron chi connectivity index (χ4n) is 5.21. The van der Waals surface area contributed by atoms with Crippen molar-refractivity contribution in [2.24, 2.45) is 4.99 Å². The van der Waals surface area contributed by atoms with Crippen LogP contribution in [0.3, 0.4) is 0 Å². The van der Waals surface area contributed by atoms with Crippen LogP contribution >= 0.6 is 56.5 Å². The van der Waals surface area contributed by atoms with Gasteiger partial charge in [-0.3, -0.25) is 9.36 Å². The van der Waals surface area contributed by atoms with Crippen molar-refractivity contribution in [2.45, 2.75) is 25.8 Å². The molecule has 1 aliphatic carbocycles. The highest BCUT2D eigenvalue weighted by atomic mass is 127. The van der Waals surface area contributed by atoms with E-state index in [1.165, 1.54) is 28.0 Å². The van der Waals surface area contributed by atoms with Crippen LogP contribution in [0.25, 0.3) is 11.8 Å². The summed E-state index contributed by atoms with van der Waals surface area (Å²) in [5, 5.41) is 0. The Labute approximate surface area is 251 Å². The van der Waals surface area contributed by atoms with Crippen LogP contribution < -0.4 is 24.4 Å². The number of benzene rings is 3. The molecule has 38 heavy (non-hydrogen) atoms. The summed E-state index contributed by atoms with van der Waals surface area (Å²) < 4.78 is 15.8. The summed E-state index contributed by atoms with van der Waals surface area (Å²) in [7, 11) is 1.67. The third-order valence-electron chi connectivity index (χ3n) is 6.91. The molecule has 6 rings (SSSR count). The van der Waals surface area contributed by atoms with Crippen molar-refractivity contribution in [3.05, 3.63) is 115 Å². The maximum Gasteiger partial charge on any atom is 0.271 e. The predicted molar refractivity (Wildman–Crippen MR) is 169 cm³/mol. The number of thiazole rings is 1. The second-order valence-electron chi connectivity index (χ2n) is 9.13. The average Bonchev–Trinajstić information content (AvgIpc) is 3.23. The number of fused-ring (bicyclic) bond motifs is 3. The van der Waals surface area contributed by atoms with E-state index in [0.29, 0.717) is 11.1 Å². The number of halogens is 2. The fraction of sp³-hybridized carbons (Fsp3) is 0.200. The number of nitrogens with zero attached hydrogens (tertiary/aromatic N) is 2. The molecule has 0 saturated carbocycles. The molecule has 0 radical (unpaired) electrons. The third kappa shape index (κ3) is 4.54. The molecule has 0 fully saturated rings. The van der Waals surface area contributed by atoms with Crippen molar-refractivity contribution < 1.29 is 9.47 Å². The van der Waals surface area contributed by atoms with Gasteiger partial charge < -0.3 is 9.47 Å². The summed E-state index contributed by atoms with van der Waals surface area (Å²) >= 11 is 6.05. The summed E-state index contributed by atoms with van der Waals surface area (Å²) in [5.41, 5.74) is 6.69. The first-order valence-corrected chi connectivity index (χ1v) is 15.3. The molecule has 1 atom stereocenters. The molecular formula is C30H24I2N2O3S. The van der Waals surface area contributed by atoms with Crippen LogP contribution in [-0.4, -0.2) is 18.3 Å². The molecule has 8 heteroatoms. The van der Waals surface area contributed by atoms with Gasteiger partial charge in [-0.2, -0.15) is 0 Å². The van der Waals surface area contributed by atoms with Crippen molar-refractivity contribution >= 4 is 68.3 Å². The smallest absolute Gasteiger partial charge is 0.271 e. The molecule has 5 nitrogen and oxygen atoms in total. The van der Waals surface area contributed by atoms with Gasteiger partial charge >= 0.3 is 0 Å². The monoisotopic (exact) mass is 746 g/mol. The summed E-state index contributed by atoms with van der Waals surface area (Å²) in [6.45, 7) is 2.60. The number of aryl methyl sites for hydroxylation is 1. The van der Waals surface area contributed by atoms with Crippen LogP contribution in [0.15, 0.2) is 76.0 Å². The Bertz CT molecular complexity index is 1750. The van der Waals surface area contributed by atoms with Crippen LogP contribution in [0.1, 0.15) is 41.6 Å². The lowest BCUT2D eigenvalue weighted by Gasteiger charge is -2.30. The van der Waals surface area contributed by atoms with E-state index in [1.807, 2.05) is 29.7 Å². The van der Waals surface area contributed by atoms with Crippen molar-refractivity contribution in [1.82, 2.24) is 4.57 Å². The molecule has 0 amide bonds. The lowest BCUT2D eigenvalue weighted by atomic mass is 9.83. The largest absolute Gasteiger partial charge is 0.497 e. The van der Waals surface area contributed by atoms with Crippen molar-refractivity contribution in [3.8, 4) is 11.5 Å². The molecular weight excluding hydrogens is 722 g/mol. The van der Waals surface area contributed by atoms with Gasteiger partial charge in [-0.05, 0) is 118 Å². The molecule has 0 spiro atoms. The van der Waals surface area contributed by atoms with Gasteiger partial charge in [-0.25, -0.2) is 4.99 Å². The molecule has 0 bridgehead atoms. The van der Waals surface area contributed by atoms with Crippen LogP contribution in [-0.2, 0) is 6.42 Å². The second kappa shape index (κ2) is 10.6. The Morgan fingerprint density at radius 1 is 1.08 bits per heavy atom. The van der Waals surface area contributed by atoms with Crippen LogP contribution in [0.2, 0.25) is 0 Å². The van der Waals surface area contributed by atoms with Gasteiger partial charge in [-0.15, -0.1) is 0 Å². The molecule has 4 aromatic rings. The molecule has 3 aromatic carbocycles. The Morgan fingerprint density at radius 3 is 2.53 bits per heavy atom. The minimum Gasteiger partial charge on any atom is -0.497 e. The summed E-state index contributed by atoms with van der Waals surface area (Å²) in [5.74, 6) is 1.68. The molecule has 192 valence electrons. The minimum absolute atomic E-state index is 0.0149. The first kappa shape index (κ1) is 25.8.